The monoisotopic (exact) mass is 435 g/mol. The molecule has 0 aromatic heterocycles. The van der Waals surface area contributed by atoms with Crippen molar-refractivity contribution in [2.45, 2.75) is 45.6 Å². The van der Waals surface area contributed by atoms with Crippen molar-refractivity contribution in [2.24, 2.45) is 5.92 Å². The molecule has 1 heterocycles. The van der Waals surface area contributed by atoms with Gasteiger partial charge in [-0.1, -0.05) is 6.92 Å². The summed E-state index contributed by atoms with van der Waals surface area (Å²) in [6.45, 7) is 5.84. The Hall–Kier alpha value is -2.49. The van der Waals surface area contributed by atoms with Gasteiger partial charge in [-0.25, -0.2) is 17.6 Å². The maximum atomic E-state index is 13.4. The molecule has 1 aliphatic heterocycles. The fraction of sp³-hybridized carbons (Fsp3) is 0.550. The maximum Gasteiger partial charge on any atom is 0.320 e. The molecule has 168 valence electrons. The van der Waals surface area contributed by atoms with Crippen LogP contribution in [0.15, 0.2) is 6.07 Å². The van der Waals surface area contributed by atoms with E-state index in [0.717, 1.165) is 0 Å². The molecule has 0 saturated carbocycles. The van der Waals surface area contributed by atoms with Crippen LogP contribution in [0.1, 0.15) is 45.1 Å². The van der Waals surface area contributed by atoms with Crippen LogP contribution in [0.3, 0.4) is 0 Å². The van der Waals surface area contributed by atoms with Gasteiger partial charge in [0.2, 0.25) is 0 Å². The molecular formula is C20H25F4NO5. The first-order chi connectivity index (χ1) is 14.2. The van der Waals surface area contributed by atoms with E-state index in [1.165, 1.54) is 0 Å². The van der Waals surface area contributed by atoms with Gasteiger partial charge in [0.15, 0.2) is 29.2 Å². The molecule has 0 spiro atoms. The highest BCUT2D eigenvalue weighted by atomic mass is 19.2. The third-order valence-corrected chi connectivity index (χ3v) is 4.43. The minimum atomic E-state index is -1.42. The standard InChI is InChI=1S/C11H9F4NO.C9H16O4/c12-7-2-8(13)11(15)9(10(7)14)5-1-6(4-17)16-3-5;1-4-7(8(10)12-5-2)9(11)13-6-3/h2,4-6,16H,1,3H2;7H,4-6H2,1-3H3. The van der Waals surface area contributed by atoms with Gasteiger partial charge in [-0.15, -0.1) is 0 Å². The van der Waals surface area contributed by atoms with E-state index < -0.39 is 58.6 Å². The van der Waals surface area contributed by atoms with Crippen LogP contribution >= 0.6 is 0 Å². The molecule has 0 amide bonds. The summed E-state index contributed by atoms with van der Waals surface area (Å²) >= 11 is 0. The molecule has 1 aromatic rings. The Morgan fingerprint density at radius 1 is 1.07 bits per heavy atom. The van der Waals surface area contributed by atoms with Crippen molar-refractivity contribution >= 4 is 18.2 Å². The van der Waals surface area contributed by atoms with E-state index in [0.29, 0.717) is 12.7 Å². The summed E-state index contributed by atoms with van der Waals surface area (Å²) in [4.78, 5) is 32.8. The van der Waals surface area contributed by atoms with E-state index in [1.54, 1.807) is 20.8 Å². The number of hydrogen-bond acceptors (Lipinski definition) is 6. The summed E-state index contributed by atoms with van der Waals surface area (Å²) in [5, 5.41) is 2.70. The van der Waals surface area contributed by atoms with Gasteiger partial charge in [0.25, 0.3) is 0 Å². The molecule has 6 nitrogen and oxygen atoms in total. The smallest absolute Gasteiger partial charge is 0.320 e. The van der Waals surface area contributed by atoms with Gasteiger partial charge >= 0.3 is 11.9 Å². The normalized spacial score (nSPS) is 17.9. The molecule has 2 atom stereocenters. The lowest BCUT2D eigenvalue weighted by molar-refractivity contribution is -0.161. The Morgan fingerprint density at radius 2 is 1.57 bits per heavy atom. The number of carbonyl (C=O) groups is 3. The number of aldehydes is 1. The van der Waals surface area contributed by atoms with Gasteiger partial charge in [-0.3, -0.25) is 9.59 Å². The number of hydrogen-bond donors (Lipinski definition) is 1. The number of esters is 2. The lowest BCUT2D eigenvalue weighted by atomic mass is 9.95. The molecule has 1 saturated heterocycles. The fourth-order valence-electron chi connectivity index (χ4n) is 2.96. The highest BCUT2D eigenvalue weighted by Gasteiger charge is 2.32. The largest absolute Gasteiger partial charge is 0.465 e. The summed E-state index contributed by atoms with van der Waals surface area (Å²) in [5.41, 5.74) is -0.626. The average molecular weight is 435 g/mol. The first-order valence-corrected chi connectivity index (χ1v) is 9.56. The van der Waals surface area contributed by atoms with Crippen molar-refractivity contribution in [3.63, 3.8) is 0 Å². The molecule has 1 aromatic carbocycles. The topological polar surface area (TPSA) is 81.7 Å². The van der Waals surface area contributed by atoms with E-state index in [9.17, 15) is 31.9 Å². The molecule has 0 radical (unpaired) electrons. The lowest BCUT2D eigenvalue weighted by Gasteiger charge is -2.12. The third kappa shape index (κ3) is 6.51. The van der Waals surface area contributed by atoms with Crippen LogP contribution in [0.4, 0.5) is 17.6 Å². The minimum absolute atomic E-state index is 0.111. The van der Waals surface area contributed by atoms with Crippen LogP contribution in [-0.4, -0.2) is 44.0 Å². The zero-order valence-electron chi connectivity index (χ0n) is 17.0. The van der Waals surface area contributed by atoms with E-state index >= 15 is 0 Å². The molecule has 1 aliphatic rings. The van der Waals surface area contributed by atoms with Gasteiger partial charge in [0.1, 0.15) is 6.29 Å². The fourth-order valence-corrected chi connectivity index (χ4v) is 2.96. The van der Waals surface area contributed by atoms with Crippen LogP contribution in [-0.2, 0) is 23.9 Å². The molecule has 0 bridgehead atoms. The van der Waals surface area contributed by atoms with Gasteiger partial charge in [-0.2, -0.15) is 0 Å². The molecular weight excluding hydrogens is 410 g/mol. The molecule has 1 N–H and O–H groups in total. The second-order valence-electron chi connectivity index (χ2n) is 6.43. The van der Waals surface area contributed by atoms with Gasteiger partial charge in [-0.05, 0) is 26.7 Å². The number of carbonyl (C=O) groups excluding carboxylic acids is 3. The molecule has 1 fully saturated rings. The zero-order valence-corrected chi connectivity index (χ0v) is 17.0. The second kappa shape index (κ2) is 12.3. The Bertz CT molecular complexity index is 715. The second-order valence-corrected chi connectivity index (χ2v) is 6.43. The summed E-state index contributed by atoms with van der Waals surface area (Å²) < 4.78 is 62.3. The molecule has 10 heteroatoms. The zero-order chi connectivity index (χ0) is 22.8. The number of ether oxygens (including phenoxy) is 2. The summed E-state index contributed by atoms with van der Waals surface area (Å²) in [6.07, 6.45) is 1.14. The van der Waals surface area contributed by atoms with E-state index in [4.69, 9.17) is 9.47 Å². The first kappa shape index (κ1) is 25.5. The summed E-state index contributed by atoms with van der Waals surface area (Å²) in [5.74, 6) is -8.12. The predicted molar refractivity (Wildman–Crippen MR) is 98.5 cm³/mol. The van der Waals surface area contributed by atoms with Crippen LogP contribution in [0.5, 0.6) is 0 Å². The molecule has 2 rings (SSSR count). The highest BCUT2D eigenvalue weighted by molar-refractivity contribution is 5.94. The van der Waals surface area contributed by atoms with Crippen molar-refractivity contribution in [3.05, 3.63) is 34.9 Å². The maximum absolute atomic E-state index is 13.4. The van der Waals surface area contributed by atoms with Crippen LogP contribution in [0.2, 0.25) is 0 Å². The van der Waals surface area contributed by atoms with Gasteiger partial charge in [0.05, 0.1) is 19.3 Å². The minimum Gasteiger partial charge on any atom is -0.465 e. The SMILES string of the molecule is CCOC(=O)C(CC)C(=O)OCC.O=CC1CC(c2c(F)c(F)cc(F)c2F)CN1. The van der Waals surface area contributed by atoms with Gasteiger partial charge < -0.3 is 19.6 Å². The predicted octanol–water partition coefficient (Wildman–Crippen LogP) is 3.03. The lowest BCUT2D eigenvalue weighted by Crippen LogP contribution is -2.27. The molecule has 0 aliphatic carbocycles. The highest BCUT2D eigenvalue weighted by Crippen LogP contribution is 2.31. The third-order valence-electron chi connectivity index (χ3n) is 4.43. The molecule has 2 unspecified atom stereocenters. The number of halogens is 4. The van der Waals surface area contributed by atoms with Crippen molar-refractivity contribution in [1.82, 2.24) is 5.32 Å². The summed E-state index contributed by atoms with van der Waals surface area (Å²) in [6, 6.07) is -0.363. The Balaban J connectivity index is 0.000000314. The Morgan fingerprint density at radius 3 is 1.93 bits per heavy atom. The van der Waals surface area contributed by atoms with Crippen LogP contribution in [0.25, 0.3) is 0 Å². The van der Waals surface area contributed by atoms with Crippen molar-refractivity contribution in [1.29, 1.82) is 0 Å². The van der Waals surface area contributed by atoms with Crippen molar-refractivity contribution in [2.75, 3.05) is 19.8 Å². The van der Waals surface area contributed by atoms with Crippen LogP contribution < -0.4 is 5.32 Å². The van der Waals surface area contributed by atoms with E-state index in [2.05, 4.69) is 5.32 Å². The van der Waals surface area contributed by atoms with Crippen molar-refractivity contribution < 1.29 is 41.4 Å². The van der Waals surface area contributed by atoms with E-state index in [1.807, 2.05) is 0 Å². The van der Waals surface area contributed by atoms with E-state index in [-0.39, 0.29) is 32.2 Å². The first-order valence-electron chi connectivity index (χ1n) is 9.56. The average Bonchev–Trinajstić information content (AvgIpc) is 3.17. The number of benzene rings is 1. The Kier molecular flexibility index (Phi) is 10.4. The number of nitrogens with one attached hydrogen (secondary N) is 1. The quantitative estimate of drug-likeness (QED) is 0.233. The molecule has 30 heavy (non-hydrogen) atoms. The van der Waals surface area contributed by atoms with Gasteiger partial charge in [0, 0.05) is 24.1 Å². The Labute approximate surface area is 171 Å². The van der Waals surface area contributed by atoms with Crippen molar-refractivity contribution in [3.8, 4) is 0 Å². The number of rotatable bonds is 7. The summed E-state index contributed by atoms with van der Waals surface area (Å²) in [7, 11) is 0. The van der Waals surface area contributed by atoms with Crippen LogP contribution in [0, 0.1) is 29.2 Å².